The van der Waals surface area contributed by atoms with Gasteiger partial charge in [-0.2, -0.15) is 0 Å². The van der Waals surface area contributed by atoms with Crippen LogP contribution >= 0.6 is 23.5 Å². The molecule has 5 heteroatoms. The maximum absolute atomic E-state index is 10.6. The van der Waals surface area contributed by atoms with E-state index in [-0.39, 0.29) is 0 Å². The molecule has 0 radical (unpaired) electrons. The molecular weight excluding hydrogens is 232 g/mol. The smallest absolute Gasteiger partial charge is 0.337 e. The van der Waals surface area contributed by atoms with Gasteiger partial charge in [-0.1, -0.05) is 6.07 Å². The Balaban J connectivity index is 3.07. The van der Waals surface area contributed by atoms with Gasteiger partial charge in [-0.3, -0.25) is 0 Å². The van der Waals surface area contributed by atoms with Crippen LogP contribution in [0.1, 0.15) is 11.7 Å². The van der Waals surface area contributed by atoms with Gasteiger partial charge in [-0.05, 0) is 30.2 Å². The standard InChI is InChI=1S/C10H12O3S2/c1-14-7-4-3-6(5-8(7)15-2)9(11)10(12)13/h3-5,9,11H,1-2H3,(H,12,13). The van der Waals surface area contributed by atoms with Crippen LogP contribution in [0.4, 0.5) is 0 Å². The lowest BCUT2D eigenvalue weighted by Crippen LogP contribution is -2.10. The molecule has 1 aromatic carbocycles. The van der Waals surface area contributed by atoms with E-state index < -0.39 is 12.1 Å². The molecule has 82 valence electrons. The van der Waals surface area contributed by atoms with Crippen molar-refractivity contribution in [2.45, 2.75) is 15.9 Å². The number of hydrogen-bond acceptors (Lipinski definition) is 4. The molecule has 0 aliphatic carbocycles. The largest absolute Gasteiger partial charge is 0.479 e. The Morgan fingerprint density at radius 3 is 2.33 bits per heavy atom. The van der Waals surface area contributed by atoms with E-state index in [0.717, 1.165) is 9.79 Å². The monoisotopic (exact) mass is 244 g/mol. The molecule has 0 saturated carbocycles. The molecule has 1 unspecified atom stereocenters. The van der Waals surface area contributed by atoms with Gasteiger partial charge in [0.25, 0.3) is 0 Å². The van der Waals surface area contributed by atoms with Gasteiger partial charge in [-0.25, -0.2) is 4.79 Å². The second kappa shape index (κ2) is 5.44. The number of aliphatic hydroxyl groups excluding tert-OH is 1. The summed E-state index contributed by atoms with van der Waals surface area (Å²) in [6.07, 6.45) is 2.45. The molecule has 1 rings (SSSR count). The van der Waals surface area contributed by atoms with Gasteiger partial charge in [-0.15, -0.1) is 23.5 Å². The van der Waals surface area contributed by atoms with E-state index in [9.17, 15) is 9.90 Å². The first-order valence-corrected chi connectivity index (χ1v) is 6.68. The minimum atomic E-state index is -1.44. The summed E-state index contributed by atoms with van der Waals surface area (Å²) < 4.78 is 0. The van der Waals surface area contributed by atoms with E-state index in [1.54, 1.807) is 23.9 Å². The topological polar surface area (TPSA) is 57.5 Å². The van der Waals surface area contributed by atoms with Crippen molar-refractivity contribution in [2.24, 2.45) is 0 Å². The molecule has 0 spiro atoms. The molecule has 15 heavy (non-hydrogen) atoms. The number of aliphatic hydroxyl groups is 1. The Labute approximate surface area is 96.9 Å². The number of carbonyl (C=O) groups is 1. The third-order valence-corrected chi connectivity index (χ3v) is 3.66. The summed E-state index contributed by atoms with van der Waals surface area (Å²) >= 11 is 3.14. The van der Waals surface area contributed by atoms with E-state index in [0.29, 0.717) is 5.56 Å². The summed E-state index contributed by atoms with van der Waals surface area (Å²) in [4.78, 5) is 12.7. The highest BCUT2D eigenvalue weighted by Gasteiger charge is 2.16. The van der Waals surface area contributed by atoms with Crippen LogP contribution in [-0.2, 0) is 4.79 Å². The minimum Gasteiger partial charge on any atom is -0.479 e. The number of hydrogen-bond donors (Lipinski definition) is 2. The van der Waals surface area contributed by atoms with Crippen molar-refractivity contribution in [3.8, 4) is 0 Å². The molecule has 0 aliphatic rings. The Hall–Kier alpha value is -0.650. The van der Waals surface area contributed by atoms with Crippen LogP contribution in [0, 0.1) is 0 Å². The van der Waals surface area contributed by atoms with E-state index in [1.165, 1.54) is 11.8 Å². The summed E-state index contributed by atoms with van der Waals surface area (Å²) in [5.74, 6) is -1.22. The van der Waals surface area contributed by atoms with Crippen molar-refractivity contribution < 1.29 is 15.0 Å². The van der Waals surface area contributed by atoms with E-state index in [1.807, 2.05) is 18.6 Å². The van der Waals surface area contributed by atoms with Crippen LogP contribution in [0.25, 0.3) is 0 Å². The van der Waals surface area contributed by atoms with Crippen molar-refractivity contribution in [3.63, 3.8) is 0 Å². The zero-order chi connectivity index (χ0) is 11.4. The number of thioether (sulfide) groups is 2. The highest BCUT2D eigenvalue weighted by atomic mass is 32.2. The number of carboxylic acid groups (broad SMARTS) is 1. The van der Waals surface area contributed by atoms with Gasteiger partial charge in [0.1, 0.15) is 0 Å². The van der Waals surface area contributed by atoms with E-state index >= 15 is 0 Å². The summed E-state index contributed by atoms with van der Waals surface area (Å²) in [5, 5.41) is 18.0. The fourth-order valence-corrected chi connectivity index (χ4v) is 2.65. The summed E-state index contributed by atoms with van der Waals surface area (Å²) in [5.41, 5.74) is 0.421. The third-order valence-electron chi connectivity index (χ3n) is 1.96. The van der Waals surface area contributed by atoms with Crippen LogP contribution in [0.5, 0.6) is 0 Å². The van der Waals surface area contributed by atoms with Crippen molar-refractivity contribution in [3.05, 3.63) is 23.8 Å². The maximum Gasteiger partial charge on any atom is 0.337 e. The zero-order valence-electron chi connectivity index (χ0n) is 8.43. The van der Waals surface area contributed by atoms with E-state index in [4.69, 9.17) is 5.11 Å². The molecule has 0 saturated heterocycles. The molecule has 0 aromatic heterocycles. The normalized spacial score (nSPS) is 12.5. The van der Waals surface area contributed by atoms with Crippen LogP contribution < -0.4 is 0 Å². The SMILES string of the molecule is CSc1ccc(C(O)C(=O)O)cc1SC. The first-order valence-electron chi connectivity index (χ1n) is 4.23. The van der Waals surface area contributed by atoms with Crippen LogP contribution in [0.2, 0.25) is 0 Å². The summed E-state index contributed by atoms with van der Waals surface area (Å²) in [7, 11) is 0. The van der Waals surface area contributed by atoms with Gasteiger partial charge in [0.15, 0.2) is 6.10 Å². The molecular formula is C10H12O3S2. The van der Waals surface area contributed by atoms with Crippen LogP contribution in [0.3, 0.4) is 0 Å². The average Bonchev–Trinajstić information content (AvgIpc) is 2.26. The number of benzene rings is 1. The van der Waals surface area contributed by atoms with Gasteiger partial charge in [0.05, 0.1) is 0 Å². The number of carboxylic acids is 1. The Morgan fingerprint density at radius 1 is 1.27 bits per heavy atom. The van der Waals surface area contributed by atoms with Crippen LogP contribution in [-0.4, -0.2) is 28.7 Å². The lowest BCUT2D eigenvalue weighted by molar-refractivity contribution is -0.146. The second-order valence-electron chi connectivity index (χ2n) is 2.86. The maximum atomic E-state index is 10.6. The van der Waals surface area contributed by atoms with E-state index in [2.05, 4.69) is 0 Å². The lowest BCUT2D eigenvalue weighted by atomic mass is 10.1. The minimum absolute atomic E-state index is 0.421. The summed E-state index contributed by atoms with van der Waals surface area (Å²) in [6, 6.07) is 5.19. The highest BCUT2D eigenvalue weighted by Crippen LogP contribution is 2.30. The van der Waals surface area contributed by atoms with Gasteiger partial charge < -0.3 is 10.2 Å². The van der Waals surface area contributed by atoms with Gasteiger partial charge in [0.2, 0.25) is 0 Å². The predicted octanol–water partition coefficient (Wildman–Crippen LogP) is 2.25. The molecule has 0 bridgehead atoms. The van der Waals surface area contributed by atoms with Crippen molar-refractivity contribution in [1.29, 1.82) is 0 Å². The molecule has 0 fully saturated rings. The average molecular weight is 244 g/mol. The van der Waals surface area contributed by atoms with Crippen molar-refractivity contribution >= 4 is 29.5 Å². The lowest BCUT2D eigenvalue weighted by Gasteiger charge is -2.10. The summed E-state index contributed by atoms with van der Waals surface area (Å²) in [6.45, 7) is 0. The molecule has 1 aromatic rings. The first kappa shape index (κ1) is 12.4. The highest BCUT2D eigenvalue weighted by molar-refractivity contribution is 8.01. The van der Waals surface area contributed by atoms with Crippen molar-refractivity contribution in [1.82, 2.24) is 0 Å². The quantitative estimate of drug-likeness (QED) is 0.796. The fourth-order valence-electron chi connectivity index (χ4n) is 1.17. The molecule has 2 N–H and O–H groups in total. The second-order valence-corrected chi connectivity index (χ2v) is 4.55. The molecule has 0 amide bonds. The van der Waals surface area contributed by atoms with Gasteiger partial charge >= 0.3 is 5.97 Å². The first-order chi connectivity index (χ1) is 7.10. The molecule has 1 atom stereocenters. The third kappa shape index (κ3) is 2.90. The molecule has 0 heterocycles. The van der Waals surface area contributed by atoms with Crippen LogP contribution in [0.15, 0.2) is 28.0 Å². The Bertz CT molecular complexity index is 366. The number of rotatable bonds is 4. The van der Waals surface area contributed by atoms with Gasteiger partial charge in [0, 0.05) is 9.79 Å². The fraction of sp³-hybridized carbons (Fsp3) is 0.300. The molecule has 0 aliphatic heterocycles. The Kier molecular flexibility index (Phi) is 4.50. The number of aliphatic carboxylic acids is 1. The zero-order valence-corrected chi connectivity index (χ0v) is 10.1. The van der Waals surface area contributed by atoms with Crippen molar-refractivity contribution in [2.75, 3.05) is 12.5 Å². The Morgan fingerprint density at radius 2 is 1.87 bits per heavy atom. The predicted molar refractivity (Wildman–Crippen MR) is 62.6 cm³/mol. The molecule has 3 nitrogen and oxygen atoms in total.